The Labute approximate surface area is 164 Å². The summed E-state index contributed by atoms with van der Waals surface area (Å²) in [5.41, 5.74) is 3.32. The number of amides is 1. The molecule has 1 aliphatic heterocycles. The molecule has 0 saturated carbocycles. The van der Waals surface area contributed by atoms with Gasteiger partial charge < -0.3 is 15.0 Å². The van der Waals surface area contributed by atoms with Gasteiger partial charge in [-0.3, -0.25) is 14.9 Å². The van der Waals surface area contributed by atoms with Crippen molar-refractivity contribution in [3.63, 3.8) is 0 Å². The van der Waals surface area contributed by atoms with Crippen LogP contribution >= 0.6 is 11.7 Å². The fraction of sp³-hybridized carbons (Fsp3) is 0.278. The van der Waals surface area contributed by atoms with Crippen LogP contribution in [0.2, 0.25) is 0 Å². The van der Waals surface area contributed by atoms with Crippen LogP contribution in [-0.2, 0) is 4.74 Å². The zero-order valence-corrected chi connectivity index (χ0v) is 15.9. The molecule has 144 valence electrons. The fourth-order valence-electron chi connectivity index (χ4n) is 3.18. The van der Waals surface area contributed by atoms with Gasteiger partial charge in [0.05, 0.1) is 35.6 Å². The maximum absolute atomic E-state index is 12.8. The second kappa shape index (κ2) is 7.49. The van der Waals surface area contributed by atoms with E-state index in [2.05, 4.69) is 14.1 Å². The molecular formula is C18H17N5O4S. The van der Waals surface area contributed by atoms with Crippen LogP contribution in [0.5, 0.6) is 0 Å². The molecule has 0 radical (unpaired) electrons. The number of fused-ring (bicyclic) bond motifs is 1. The average Bonchev–Trinajstić information content (AvgIpc) is 3.19. The number of morpholine rings is 1. The van der Waals surface area contributed by atoms with Gasteiger partial charge in [0.25, 0.3) is 11.6 Å². The number of hydrogen-bond acceptors (Lipinski definition) is 8. The van der Waals surface area contributed by atoms with Gasteiger partial charge in [-0.05, 0) is 30.7 Å². The third kappa shape index (κ3) is 3.39. The molecule has 0 aliphatic carbocycles. The van der Waals surface area contributed by atoms with Crippen LogP contribution in [0.1, 0.15) is 15.9 Å². The summed E-state index contributed by atoms with van der Waals surface area (Å²) in [6.45, 7) is 4.04. The molecule has 1 N–H and O–H groups in total. The molecule has 1 saturated heterocycles. The standard InChI is InChI=1S/C18H17N5O4S/c1-11-2-4-13-17(21-28-20-13)16(11)19-18(24)12-3-5-14(15(10-12)23(25)26)22-6-8-27-9-7-22/h2-5,10H,6-9H2,1H3,(H,19,24). The Kier molecular flexibility index (Phi) is 4.88. The van der Waals surface area contributed by atoms with Gasteiger partial charge in [-0.2, -0.15) is 8.75 Å². The van der Waals surface area contributed by atoms with Crippen molar-refractivity contribution in [1.82, 2.24) is 8.75 Å². The average molecular weight is 399 g/mol. The first-order valence-electron chi connectivity index (χ1n) is 8.69. The zero-order chi connectivity index (χ0) is 19.7. The molecule has 0 unspecified atom stereocenters. The van der Waals surface area contributed by atoms with Crippen molar-refractivity contribution in [3.05, 3.63) is 51.6 Å². The lowest BCUT2D eigenvalue weighted by Crippen LogP contribution is -2.36. The van der Waals surface area contributed by atoms with E-state index in [1.165, 1.54) is 6.07 Å². The molecule has 3 aromatic rings. The van der Waals surface area contributed by atoms with Gasteiger partial charge in [0, 0.05) is 24.7 Å². The van der Waals surface area contributed by atoms with Crippen molar-refractivity contribution >= 4 is 45.7 Å². The van der Waals surface area contributed by atoms with Gasteiger partial charge in [-0.15, -0.1) is 0 Å². The topological polar surface area (TPSA) is 110 Å². The highest BCUT2D eigenvalue weighted by atomic mass is 32.1. The summed E-state index contributed by atoms with van der Waals surface area (Å²) >= 11 is 1.07. The number of aromatic nitrogens is 2. The van der Waals surface area contributed by atoms with Crippen molar-refractivity contribution < 1.29 is 14.5 Å². The lowest BCUT2D eigenvalue weighted by atomic mass is 10.1. The number of carbonyl (C=O) groups excluding carboxylic acids is 1. The third-order valence-electron chi connectivity index (χ3n) is 4.66. The molecule has 0 bridgehead atoms. The number of nitrogens with zero attached hydrogens (tertiary/aromatic N) is 4. The highest BCUT2D eigenvalue weighted by Crippen LogP contribution is 2.31. The van der Waals surface area contributed by atoms with Gasteiger partial charge in [-0.1, -0.05) is 6.07 Å². The lowest BCUT2D eigenvalue weighted by Gasteiger charge is -2.28. The van der Waals surface area contributed by atoms with Crippen LogP contribution in [-0.4, -0.2) is 45.9 Å². The smallest absolute Gasteiger partial charge is 0.293 e. The molecule has 9 nitrogen and oxygen atoms in total. The van der Waals surface area contributed by atoms with Crippen molar-refractivity contribution in [3.8, 4) is 0 Å². The molecule has 2 aromatic carbocycles. The van der Waals surface area contributed by atoms with E-state index in [1.54, 1.807) is 12.1 Å². The number of nitro benzene ring substituents is 1. The van der Waals surface area contributed by atoms with E-state index in [4.69, 9.17) is 4.74 Å². The van der Waals surface area contributed by atoms with Crippen LogP contribution in [0.4, 0.5) is 17.1 Å². The quantitative estimate of drug-likeness (QED) is 0.530. The fourth-order valence-corrected chi connectivity index (χ4v) is 3.72. The van der Waals surface area contributed by atoms with Crippen molar-refractivity contribution in [2.24, 2.45) is 0 Å². The van der Waals surface area contributed by atoms with E-state index in [0.717, 1.165) is 17.3 Å². The first-order valence-corrected chi connectivity index (χ1v) is 9.42. The highest BCUT2D eigenvalue weighted by Gasteiger charge is 2.24. The first kappa shape index (κ1) is 18.3. The Morgan fingerprint density at radius 2 is 2.04 bits per heavy atom. The summed E-state index contributed by atoms with van der Waals surface area (Å²) in [6, 6.07) is 8.22. The molecule has 0 atom stereocenters. The van der Waals surface area contributed by atoms with Crippen molar-refractivity contribution in [2.45, 2.75) is 6.92 Å². The summed E-state index contributed by atoms with van der Waals surface area (Å²) in [5.74, 6) is -0.430. The summed E-state index contributed by atoms with van der Waals surface area (Å²) in [7, 11) is 0. The van der Waals surface area contributed by atoms with E-state index < -0.39 is 10.8 Å². The van der Waals surface area contributed by atoms with Crippen LogP contribution in [0.25, 0.3) is 11.0 Å². The van der Waals surface area contributed by atoms with Crippen LogP contribution < -0.4 is 10.2 Å². The summed E-state index contributed by atoms with van der Waals surface area (Å²) in [6.07, 6.45) is 0. The second-order valence-electron chi connectivity index (χ2n) is 6.40. The SMILES string of the molecule is Cc1ccc2nsnc2c1NC(=O)c1ccc(N2CCOCC2)c([N+](=O)[O-])c1. The molecule has 1 fully saturated rings. The molecule has 4 rings (SSSR count). The minimum atomic E-state index is -0.460. The third-order valence-corrected chi connectivity index (χ3v) is 5.20. The van der Waals surface area contributed by atoms with Gasteiger partial charge in [0.2, 0.25) is 0 Å². The predicted molar refractivity (Wildman–Crippen MR) is 106 cm³/mol. The number of carbonyl (C=O) groups is 1. The number of nitrogens with one attached hydrogen (secondary N) is 1. The van der Waals surface area contributed by atoms with Gasteiger partial charge in [0.1, 0.15) is 16.7 Å². The van der Waals surface area contributed by atoms with E-state index in [1.807, 2.05) is 24.0 Å². The summed E-state index contributed by atoms with van der Waals surface area (Å²) in [5, 5.41) is 14.4. The second-order valence-corrected chi connectivity index (χ2v) is 6.93. The molecule has 1 amide bonds. The zero-order valence-electron chi connectivity index (χ0n) is 15.0. The number of rotatable bonds is 4. The van der Waals surface area contributed by atoms with Gasteiger partial charge >= 0.3 is 0 Å². The molecule has 28 heavy (non-hydrogen) atoms. The summed E-state index contributed by atoms with van der Waals surface area (Å²) in [4.78, 5) is 25.8. The van der Waals surface area contributed by atoms with E-state index in [-0.39, 0.29) is 11.3 Å². The molecule has 0 spiro atoms. The number of nitro groups is 1. The van der Waals surface area contributed by atoms with Crippen LogP contribution in [0, 0.1) is 17.0 Å². The van der Waals surface area contributed by atoms with E-state index in [0.29, 0.717) is 48.7 Å². The van der Waals surface area contributed by atoms with Gasteiger partial charge in [-0.25, -0.2) is 0 Å². The number of hydrogen-bond donors (Lipinski definition) is 1. The number of aryl methyl sites for hydroxylation is 1. The monoisotopic (exact) mass is 399 g/mol. The Balaban J connectivity index is 1.65. The Hall–Kier alpha value is -3.11. The molecular weight excluding hydrogens is 382 g/mol. The van der Waals surface area contributed by atoms with Crippen LogP contribution in [0.15, 0.2) is 30.3 Å². The largest absolute Gasteiger partial charge is 0.378 e. The molecule has 2 heterocycles. The maximum atomic E-state index is 12.8. The Bertz CT molecular complexity index is 1060. The number of ether oxygens (including phenoxy) is 1. The highest BCUT2D eigenvalue weighted by molar-refractivity contribution is 7.00. The number of anilines is 2. The maximum Gasteiger partial charge on any atom is 0.293 e. The van der Waals surface area contributed by atoms with Crippen molar-refractivity contribution in [1.29, 1.82) is 0 Å². The number of benzene rings is 2. The summed E-state index contributed by atoms with van der Waals surface area (Å²) < 4.78 is 13.7. The normalized spacial score (nSPS) is 14.2. The minimum absolute atomic E-state index is 0.0974. The molecule has 10 heteroatoms. The lowest BCUT2D eigenvalue weighted by molar-refractivity contribution is -0.384. The molecule has 1 aliphatic rings. The van der Waals surface area contributed by atoms with E-state index in [9.17, 15) is 14.9 Å². The Morgan fingerprint density at radius 1 is 1.25 bits per heavy atom. The first-order chi connectivity index (χ1) is 13.5. The minimum Gasteiger partial charge on any atom is -0.378 e. The van der Waals surface area contributed by atoms with Gasteiger partial charge in [0.15, 0.2) is 0 Å². The van der Waals surface area contributed by atoms with Crippen molar-refractivity contribution in [2.75, 3.05) is 36.5 Å². The molecule has 1 aromatic heterocycles. The Morgan fingerprint density at radius 3 is 2.79 bits per heavy atom. The van der Waals surface area contributed by atoms with E-state index >= 15 is 0 Å². The van der Waals surface area contributed by atoms with Crippen LogP contribution in [0.3, 0.4) is 0 Å². The predicted octanol–water partition coefficient (Wildman–Crippen LogP) is 3.00.